The number of aromatic nitrogens is 1. The summed E-state index contributed by atoms with van der Waals surface area (Å²) < 4.78 is 5.12. The third-order valence-corrected chi connectivity index (χ3v) is 5.54. The summed E-state index contributed by atoms with van der Waals surface area (Å²) in [6.45, 7) is 0.504. The molecule has 1 aromatic heterocycles. The number of carbonyl (C=O) groups excluding carboxylic acids is 3. The van der Waals surface area contributed by atoms with Crippen molar-refractivity contribution in [3.8, 4) is 0 Å². The van der Waals surface area contributed by atoms with Crippen molar-refractivity contribution in [2.24, 2.45) is 0 Å². The molecule has 146 valence electrons. The molecule has 0 aliphatic carbocycles. The van der Waals surface area contributed by atoms with Crippen LogP contribution in [0.15, 0.2) is 48.7 Å². The first kappa shape index (κ1) is 19.1. The summed E-state index contributed by atoms with van der Waals surface area (Å²) in [6, 6.07) is 11.1. The first-order valence-electron chi connectivity index (χ1n) is 8.53. The molecule has 0 unspecified atom stereocenters. The van der Waals surface area contributed by atoms with Crippen LogP contribution in [0.2, 0.25) is 4.47 Å². The first-order valence-corrected chi connectivity index (χ1v) is 9.72. The molecule has 1 aliphatic rings. The van der Waals surface area contributed by atoms with Gasteiger partial charge in [-0.25, -0.2) is 14.7 Å². The SMILES string of the molecule is COC(=O)c1ccc(N2C(=O)c3ccc(NCc4cnc(Cl)s4)cc3C2=O)cc1. The molecule has 2 aromatic carbocycles. The minimum Gasteiger partial charge on any atom is -0.465 e. The average Bonchev–Trinajstić information content (AvgIpc) is 3.26. The van der Waals surface area contributed by atoms with Gasteiger partial charge in [0.05, 0.1) is 36.0 Å². The van der Waals surface area contributed by atoms with Crippen molar-refractivity contribution in [2.75, 3.05) is 17.3 Å². The van der Waals surface area contributed by atoms with Gasteiger partial charge in [0, 0.05) is 16.8 Å². The molecule has 3 aromatic rings. The Balaban J connectivity index is 1.55. The fraction of sp³-hybridized carbons (Fsp3) is 0.100. The number of ether oxygens (including phenoxy) is 1. The van der Waals surface area contributed by atoms with Crippen molar-refractivity contribution in [3.05, 3.63) is 74.7 Å². The lowest BCUT2D eigenvalue weighted by Crippen LogP contribution is -2.29. The lowest BCUT2D eigenvalue weighted by atomic mass is 10.1. The second-order valence-electron chi connectivity index (χ2n) is 6.18. The molecule has 0 atom stereocenters. The smallest absolute Gasteiger partial charge is 0.337 e. The molecule has 29 heavy (non-hydrogen) atoms. The number of nitrogens with one attached hydrogen (secondary N) is 1. The topological polar surface area (TPSA) is 88.6 Å². The predicted octanol–water partition coefficient (Wildman–Crippen LogP) is 4.00. The van der Waals surface area contributed by atoms with Crippen LogP contribution in [0.4, 0.5) is 11.4 Å². The van der Waals surface area contributed by atoms with Crippen LogP contribution in [-0.2, 0) is 11.3 Å². The molecule has 0 spiro atoms. The number of hydrogen-bond donors (Lipinski definition) is 1. The van der Waals surface area contributed by atoms with Gasteiger partial charge in [0.15, 0.2) is 4.47 Å². The number of thiazole rings is 1. The Morgan fingerprint density at radius 3 is 2.52 bits per heavy atom. The number of imide groups is 1. The van der Waals surface area contributed by atoms with Crippen LogP contribution < -0.4 is 10.2 Å². The van der Waals surface area contributed by atoms with E-state index in [0.717, 1.165) is 9.78 Å². The number of rotatable bonds is 5. The number of fused-ring (bicyclic) bond motifs is 1. The van der Waals surface area contributed by atoms with Gasteiger partial charge in [-0.3, -0.25) is 9.59 Å². The van der Waals surface area contributed by atoms with Gasteiger partial charge in [-0.1, -0.05) is 11.6 Å². The maximum atomic E-state index is 12.9. The van der Waals surface area contributed by atoms with Gasteiger partial charge in [-0.05, 0) is 42.5 Å². The summed E-state index contributed by atoms with van der Waals surface area (Å²) in [6.07, 6.45) is 1.68. The predicted molar refractivity (Wildman–Crippen MR) is 110 cm³/mol. The minimum atomic E-state index is -0.489. The monoisotopic (exact) mass is 427 g/mol. The normalized spacial score (nSPS) is 12.8. The standard InChI is InChI=1S/C20H14ClN3O4S/c1-28-19(27)11-2-5-13(6-3-11)24-17(25)15-7-4-12(8-16(15)18(24)26)22-9-14-10-23-20(21)29-14/h2-8,10,22H,9H2,1H3. The van der Waals surface area contributed by atoms with Gasteiger partial charge in [-0.15, -0.1) is 11.3 Å². The molecule has 1 aliphatic heterocycles. The molecule has 1 N–H and O–H groups in total. The number of hydrogen-bond acceptors (Lipinski definition) is 7. The van der Waals surface area contributed by atoms with Crippen molar-refractivity contribution >= 4 is 52.1 Å². The zero-order valence-corrected chi connectivity index (χ0v) is 16.7. The van der Waals surface area contributed by atoms with E-state index >= 15 is 0 Å². The van der Waals surface area contributed by atoms with E-state index in [2.05, 4.69) is 15.0 Å². The number of halogens is 1. The molecule has 9 heteroatoms. The van der Waals surface area contributed by atoms with Crippen molar-refractivity contribution < 1.29 is 19.1 Å². The highest BCUT2D eigenvalue weighted by Gasteiger charge is 2.36. The zero-order chi connectivity index (χ0) is 20.5. The van der Waals surface area contributed by atoms with E-state index in [9.17, 15) is 14.4 Å². The lowest BCUT2D eigenvalue weighted by Gasteiger charge is -2.14. The summed E-state index contributed by atoms with van der Waals surface area (Å²) in [5.74, 6) is -1.31. The van der Waals surface area contributed by atoms with Gasteiger partial charge in [0.1, 0.15) is 0 Å². The third-order valence-electron chi connectivity index (χ3n) is 4.43. The molecule has 0 fully saturated rings. The van der Waals surface area contributed by atoms with E-state index in [1.54, 1.807) is 36.5 Å². The summed E-state index contributed by atoms with van der Waals surface area (Å²) in [5, 5.41) is 3.20. The molecular weight excluding hydrogens is 414 g/mol. The van der Waals surface area contributed by atoms with Crippen molar-refractivity contribution in [3.63, 3.8) is 0 Å². The van der Waals surface area contributed by atoms with Crippen LogP contribution in [0.5, 0.6) is 0 Å². The van der Waals surface area contributed by atoms with Gasteiger partial charge >= 0.3 is 5.97 Å². The van der Waals surface area contributed by atoms with Crippen LogP contribution in [0.3, 0.4) is 0 Å². The van der Waals surface area contributed by atoms with E-state index < -0.39 is 17.8 Å². The number of esters is 1. The highest BCUT2D eigenvalue weighted by molar-refractivity contribution is 7.15. The summed E-state index contributed by atoms with van der Waals surface area (Å²) in [7, 11) is 1.29. The molecule has 2 heterocycles. The van der Waals surface area contributed by atoms with Gasteiger partial charge < -0.3 is 10.1 Å². The Morgan fingerprint density at radius 2 is 1.86 bits per heavy atom. The molecule has 7 nitrogen and oxygen atoms in total. The molecule has 0 saturated carbocycles. The number of anilines is 2. The van der Waals surface area contributed by atoms with E-state index in [1.165, 1.54) is 30.6 Å². The maximum absolute atomic E-state index is 12.9. The second-order valence-corrected chi connectivity index (χ2v) is 7.87. The molecule has 2 amide bonds. The van der Waals surface area contributed by atoms with Crippen LogP contribution in [0.25, 0.3) is 0 Å². The van der Waals surface area contributed by atoms with E-state index in [4.69, 9.17) is 11.6 Å². The van der Waals surface area contributed by atoms with Crippen molar-refractivity contribution in [1.29, 1.82) is 0 Å². The first-order chi connectivity index (χ1) is 14.0. The lowest BCUT2D eigenvalue weighted by molar-refractivity contribution is 0.0600. The highest BCUT2D eigenvalue weighted by atomic mass is 35.5. The Hall–Kier alpha value is -3.23. The van der Waals surface area contributed by atoms with Crippen molar-refractivity contribution in [1.82, 2.24) is 4.98 Å². The number of carbonyl (C=O) groups is 3. The number of methoxy groups -OCH3 is 1. The van der Waals surface area contributed by atoms with Crippen molar-refractivity contribution in [2.45, 2.75) is 6.54 Å². The fourth-order valence-corrected chi connectivity index (χ4v) is 3.92. The van der Waals surface area contributed by atoms with Crippen LogP contribution in [0.1, 0.15) is 36.0 Å². The molecular formula is C20H14ClN3O4S. The quantitative estimate of drug-likeness (QED) is 0.489. The van der Waals surface area contributed by atoms with Gasteiger partial charge in [0.2, 0.25) is 0 Å². The number of benzene rings is 2. The third kappa shape index (κ3) is 3.59. The van der Waals surface area contributed by atoms with Crippen LogP contribution in [-0.4, -0.2) is 29.9 Å². The molecule has 4 rings (SSSR count). The fourth-order valence-electron chi connectivity index (χ4n) is 3.00. The summed E-state index contributed by atoms with van der Waals surface area (Å²) >= 11 is 7.20. The Bertz CT molecular complexity index is 1130. The molecule has 0 radical (unpaired) electrons. The zero-order valence-electron chi connectivity index (χ0n) is 15.1. The van der Waals surface area contributed by atoms with Crippen LogP contribution >= 0.6 is 22.9 Å². The Kier molecular flexibility index (Phi) is 5.04. The molecule has 0 saturated heterocycles. The van der Waals surface area contributed by atoms with Gasteiger partial charge in [0.25, 0.3) is 11.8 Å². The second kappa shape index (κ2) is 7.65. The van der Waals surface area contributed by atoms with E-state index in [0.29, 0.717) is 39.1 Å². The van der Waals surface area contributed by atoms with Crippen LogP contribution in [0, 0.1) is 0 Å². The highest BCUT2D eigenvalue weighted by Crippen LogP contribution is 2.31. The largest absolute Gasteiger partial charge is 0.465 e. The Morgan fingerprint density at radius 1 is 1.14 bits per heavy atom. The van der Waals surface area contributed by atoms with E-state index in [1.807, 2.05) is 0 Å². The number of amides is 2. The minimum absolute atomic E-state index is 0.319. The maximum Gasteiger partial charge on any atom is 0.337 e. The Labute approximate surface area is 174 Å². The van der Waals surface area contributed by atoms with E-state index in [-0.39, 0.29) is 0 Å². The van der Waals surface area contributed by atoms with Gasteiger partial charge in [-0.2, -0.15) is 0 Å². The summed E-state index contributed by atoms with van der Waals surface area (Å²) in [5.41, 5.74) is 2.08. The average molecular weight is 428 g/mol. The summed E-state index contributed by atoms with van der Waals surface area (Å²) in [4.78, 5) is 43.2. The molecule has 0 bridgehead atoms. The number of nitrogens with zero attached hydrogens (tertiary/aromatic N) is 2.